The number of hydrogen-bond donors (Lipinski definition) is 2. The number of amides is 1. The van der Waals surface area contributed by atoms with Gasteiger partial charge in [0.2, 0.25) is 5.91 Å². The van der Waals surface area contributed by atoms with Gasteiger partial charge in [0.05, 0.1) is 11.1 Å². The first-order valence-electron chi connectivity index (χ1n) is 7.15. The third-order valence-electron chi connectivity index (χ3n) is 4.49. The Hall–Kier alpha value is -1.90. The number of fused-ring (bicyclic) bond motifs is 1. The molecule has 0 aromatic carbocycles. The lowest BCUT2D eigenvalue weighted by molar-refractivity contribution is -0.118. The van der Waals surface area contributed by atoms with Crippen molar-refractivity contribution in [3.05, 3.63) is 5.69 Å². The van der Waals surface area contributed by atoms with Gasteiger partial charge >= 0.3 is 0 Å². The maximum absolute atomic E-state index is 12.7. The normalized spacial score (nSPS) is 18.0. The number of hydrogen-bond acceptors (Lipinski definition) is 5. The zero-order valence-corrected chi connectivity index (χ0v) is 13.6. The van der Waals surface area contributed by atoms with Crippen molar-refractivity contribution in [1.82, 2.24) is 20.0 Å². The Bertz CT molecular complexity index is 843. The van der Waals surface area contributed by atoms with Crippen molar-refractivity contribution in [3.63, 3.8) is 0 Å². The molecule has 0 spiro atoms. The number of anilines is 1. The maximum atomic E-state index is 12.7. The second-order valence-electron chi connectivity index (χ2n) is 5.93. The fourth-order valence-corrected chi connectivity index (χ4v) is 4.68. The molecule has 0 atom stereocenters. The van der Waals surface area contributed by atoms with E-state index >= 15 is 0 Å². The van der Waals surface area contributed by atoms with Gasteiger partial charge in [-0.2, -0.15) is 10.2 Å². The summed E-state index contributed by atoms with van der Waals surface area (Å²) < 4.78 is 24.6. The summed E-state index contributed by atoms with van der Waals surface area (Å²) in [6, 6.07) is 0. The highest BCUT2D eigenvalue weighted by molar-refractivity contribution is 7.92. The highest BCUT2D eigenvalue weighted by Crippen LogP contribution is 2.38. The summed E-state index contributed by atoms with van der Waals surface area (Å²) in [5.74, 6) is -0.0816. The van der Waals surface area contributed by atoms with E-state index in [-0.39, 0.29) is 0 Å². The molecular formula is C13H19N5O3S. The minimum absolute atomic E-state index is 0.362. The molecule has 0 unspecified atom stereocenters. The van der Waals surface area contributed by atoms with Gasteiger partial charge in [-0.3, -0.25) is 9.89 Å². The molecule has 1 amide bonds. The number of rotatable bonds is 3. The Morgan fingerprint density at radius 3 is 2.59 bits per heavy atom. The molecule has 2 N–H and O–H groups in total. The molecule has 0 radical (unpaired) electrons. The maximum Gasteiger partial charge on any atom is 0.246 e. The second kappa shape index (κ2) is 4.80. The second-order valence-corrected chi connectivity index (χ2v) is 8.26. The molecule has 1 saturated carbocycles. The number of nitrogens with one attached hydrogen (secondary N) is 2. The van der Waals surface area contributed by atoms with E-state index < -0.39 is 20.5 Å². The van der Waals surface area contributed by atoms with Gasteiger partial charge in [0.15, 0.2) is 20.2 Å². The van der Waals surface area contributed by atoms with Crippen molar-refractivity contribution < 1.29 is 13.2 Å². The molecule has 2 aromatic rings. The van der Waals surface area contributed by atoms with Gasteiger partial charge in [-0.05, 0) is 19.8 Å². The van der Waals surface area contributed by atoms with E-state index in [1.165, 1.54) is 0 Å². The summed E-state index contributed by atoms with van der Waals surface area (Å²) in [5, 5.41) is 14.5. The van der Waals surface area contributed by atoms with Crippen LogP contribution in [0.25, 0.3) is 11.0 Å². The number of sulfone groups is 1. The Labute approximate surface area is 128 Å². The van der Waals surface area contributed by atoms with Crippen LogP contribution in [0.15, 0.2) is 0 Å². The van der Waals surface area contributed by atoms with Crippen molar-refractivity contribution in [2.75, 3.05) is 11.6 Å². The van der Waals surface area contributed by atoms with Crippen molar-refractivity contribution >= 4 is 32.6 Å². The Balaban J connectivity index is 1.99. The molecule has 0 saturated heterocycles. The van der Waals surface area contributed by atoms with Crippen molar-refractivity contribution in [2.45, 2.75) is 37.4 Å². The average molecular weight is 325 g/mol. The van der Waals surface area contributed by atoms with Crippen LogP contribution in [0.4, 0.5) is 5.82 Å². The topological polar surface area (TPSA) is 110 Å². The van der Waals surface area contributed by atoms with Crippen LogP contribution >= 0.6 is 0 Å². The monoisotopic (exact) mass is 325 g/mol. The quantitative estimate of drug-likeness (QED) is 0.871. The van der Waals surface area contributed by atoms with Crippen LogP contribution in [0.1, 0.15) is 31.4 Å². The minimum Gasteiger partial charge on any atom is -0.309 e. The lowest BCUT2D eigenvalue weighted by Crippen LogP contribution is -2.47. The number of nitrogens with zero attached hydrogens (tertiary/aromatic N) is 3. The summed E-state index contributed by atoms with van der Waals surface area (Å²) in [7, 11) is -1.73. The standard InChI is InChI=1S/C13H19N5O3S/c1-8-9-10(15-16-11(9)18(2)17-8)14-12(19)13(22(3,20)21)6-4-5-7-13/h4-7H2,1-3H3,(H2,14,15,16,19). The molecule has 120 valence electrons. The van der Waals surface area contributed by atoms with Crippen LogP contribution < -0.4 is 5.32 Å². The van der Waals surface area contributed by atoms with Crippen LogP contribution in [0.3, 0.4) is 0 Å². The Kier molecular flexibility index (Phi) is 3.28. The molecule has 2 aromatic heterocycles. The Morgan fingerprint density at radius 1 is 1.36 bits per heavy atom. The van der Waals surface area contributed by atoms with Gasteiger partial charge in [-0.15, -0.1) is 0 Å². The van der Waals surface area contributed by atoms with E-state index in [4.69, 9.17) is 0 Å². The predicted molar refractivity (Wildman–Crippen MR) is 82.3 cm³/mol. The molecule has 3 rings (SSSR count). The van der Waals surface area contributed by atoms with Gasteiger partial charge in [0, 0.05) is 13.3 Å². The van der Waals surface area contributed by atoms with Crippen LogP contribution in [-0.4, -0.2) is 45.3 Å². The summed E-state index contributed by atoms with van der Waals surface area (Å²) in [5.41, 5.74) is 1.34. The lowest BCUT2D eigenvalue weighted by atomic mass is 10.1. The van der Waals surface area contributed by atoms with E-state index in [1.807, 2.05) is 6.92 Å². The predicted octanol–water partition coefficient (Wildman–Crippen LogP) is 0.901. The molecule has 1 fully saturated rings. The van der Waals surface area contributed by atoms with Crippen LogP contribution in [0.2, 0.25) is 0 Å². The first-order valence-corrected chi connectivity index (χ1v) is 9.04. The number of aromatic nitrogens is 4. The SMILES string of the molecule is Cc1nn(C)c2n[nH]c(NC(=O)C3(S(C)(=O)=O)CCCC3)c12. The number of H-pyrrole nitrogens is 1. The van der Waals surface area contributed by atoms with Gasteiger partial charge in [0.25, 0.3) is 0 Å². The molecule has 22 heavy (non-hydrogen) atoms. The average Bonchev–Trinajstić information content (AvgIpc) is 3.09. The smallest absolute Gasteiger partial charge is 0.246 e. The van der Waals surface area contributed by atoms with Crippen molar-refractivity contribution in [2.24, 2.45) is 7.05 Å². The van der Waals surface area contributed by atoms with E-state index in [9.17, 15) is 13.2 Å². The fraction of sp³-hybridized carbons (Fsp3) is 0.615. The fourth-order valence-electron chi connectivity index (χ4n) is 3.26. The molecule has 1 aliphatic carbocycles. The molecule has 2 heterocycles. The van der Waals surface area contributed by atoms with Crippen LogP contribution in [0, 0.1) is 6.92 Å². The Morgan fingerprint density at radius 2 is 2.00 bits per heavy atom. The lowest BCUT2D eigenvalue weighted by Gasteiger charge is -2.25. The summed E-state index contributed by atoms with van der Waals surface area (Å²) in [6.45, 7) is 1.81. The molecular weight excluding hydrogens is 306 g/mol. The number of aromatic amines is 1. The molecule has 9 heteroatoms. The molecule has 1 aliphatic rings. The molecule has 0 bridgehead atoms. The third-order valence-corrected chi connectivity index (χ3v) is 6.50. The van der Waals surface area contributed by atoms with Gasteiger partial charge in [-0.1, -0.05) is 12.8 Å². The molecule has 0 aliphatic heterocycles. The van der Waals surface area contributed by atoms with E-state index in [0.717, 1.165) is 24.8 Å². The van der Waals surface area contributed by atoms with Gasteiger partial charge < -0.3 is 5.32 Å². The van der Waals surface area contributed by atoms with Gasteiger partial charge in [0.1, 0.15) is 5.82 Å². The number of carbonyl (C=O) groups is 1. The van der Waals surface area contributed by atoms with Gasteiger partial charge in [-0.25, -0.2) is 13.1 Å². The van der Waals surface area contributed by atoms with E-state index in [1.54, 1.807) is 11.7 Å². The molecule has 8 nitrogen and oxygen atoms in total. The highest BCUT2D eigenvalue weighted by atomic mass is 32.2. The van der Waals surface area contributed by atoms with Crippen LogP contribution in [-0.2, 0) is 21.7 Å². The number of aryl methyl sites for hydroxylation is 2. The zero-order valence-electron chi connectivity index (χ0n) is 12.8. The van der Waals surface area contributed by atoms with Crippen molar-refractivity contribution in [3.8, 4) is 0 Å². The van der Waals surface area contributed by atoms with E-state index in [2.05, 4.69) is 20.6 Å². The highest BCUT2D eigenvalue weighted by Gasteiger charge is 2.50. The third kappa shape index (κ3) is 2.03. The minimum atomic E-state index is -3.49. The first-order chi connectivity index (χ1) is 10.3. The van der Waals surface area contributed by atoms with E-state index in [0.29, 0.717) is 29.7 Å². The summed E-state index contributed by atoms with van der Waals surface area (Å²) in [6.07, 6.45) is 3.34. The van der Waals surface area contributed by atoms with Crippen LogP contribution in [0.5, 0.6) is 0 Å². The zero-order chi connectivity index (χ0) is 16.1. The summed E-state index contributed by atoms with van der Waals surface area (Å²) in [4.78, 5) is 12.7. The first kappa shape index (κ1) is 15.0. The van der Waals surface area contributed by atoms with Crippen molar-refractivity contribution in [1.29, 1.82) is 0 Å². The summed E-state index contributed by atoms with van der Waals surface area (Å²) >= 11 is 0. The number of carbonyl (C=O) groups excluding carboxylic acids is 1. The largest absolute Gasteiger partial charge is 0.309 e.